The summed E-state index contributed by atoms with van der Waals surface area (Å²) in [7, 11) is 0. The Balaban J connectivity index is 2.59. The maximum absolute atomic E-state index is 3.50. The fourth-order valence-electron chi connectivity index (χ4n) is 0.792. The normalized spacial score (nSPS) is 13.0. The molecular weight excluding hydrogens is 303 g/mol. The SMILES string of the molecule is Br[C@@H](I)Cc1ccccc1. The summed E-state index contributed by atoms with van der Waals surface area (Å²) >= 11 is 5.86. The van der Waals surface area contributed by atoms with Crippen LogP contribution in [0, 0.1) is 0 Å². The number of hydrogen-bond acceptors (Lipinski definition) is 0. The summed E-state index contributed by atoms with van der Waals surface area (Å²) < 4.78 is 0.549. The minimum absolute atomic E-state index is 0.549. The highest BCUT2D eigenvalue weighted by Gasteiger charge is 1.97. The Bertz CT molecular complexity index is 184. The van der Waals surface area contributed by atoms with Crippen molar-refractivity contribution in [3.8, 4) is 0 Å². The van der Waals surface area contributed by atoms with Gasteiger partial charge in [-0.25, -0.2) is 0 Å². The van der Waals surface area contributed by atoms with Gasteiger partial charge in [0.1, 0.15) is 0 Å². The van der Waals surface area contributed by atoms with Gasteiger partial charge in [-0.15, -0.1) is 0 Å². The molecule has 0 aliphatic rings. The molecule has 0 spiro atoms. The summed E-state index contributed by atoms with van der Waals surface area (Å²) in [5, 5.41) is 0. The molecule has 0 unspecified atom stereocenters. The van der Waals surface area contributed by atoms with Crippen molar-refractivity contribution >= 4 is 38.5 Å². The molecule has 0 nitrogen and oxygen atoms in total. The van der Waals surface area contributed by atoms with Crippen LogP contribution in [0.5, 0.6) is 0 Å². The zero-order valence-corrected chi connectivity index (χ0v) is 9.17. The van der Waals surface area contributed by atoms with Gasteiger partial charge in [-0.2, -0.15) is 0 Å². The van der Waals surface area contributed by atoms with Gasteiger partial charge in [-0.3, -0.25) is 0 Å². The second kappa shape index (κ2) is 4.34. The van der Waals surface area contributed by atoms with Crippen LogP contribution in [0.15, 0.2) is 30.3 Å². The van der Waals surface area contributed by atoms with Gasteiger partial charge in [0.25, 0.3) is 0 Å². The lowest BCUT2D eigenvalue weighted by atomic mass is 10.2. The lowest BCUT2D eigenvalue weighted by Crippen LogP contribution is -1.90. The number of rotatable bonds is 2. The van der Waals surface area contributed by atoms with E-state index in [1.54, 1.807) is 0 Å². The Hall–Kier alpha value is 0.430. The third kappa shape index (κ3) is 3.01. The monoisotopic (exact) mass is 310 g/mol. The van der Waals surface area contributed by atoms with Crippen LogP contribution < -0.4 is 0 Å². The Labute approximate surface area is 83.3 Å². The van der Waals surface area contributed by atoms with E-state index in [1.165, 1.54) is 5.56 Å². The fraction of sp³-hybridized carbons (Fsp3) is 0.250. The average Bonchev–Trinajstić information content (AvgIpc) is 1.88. The molecule has 10 heavy (non-hydrogen) atoms. The first-order valence-corrected chi connectivity index (χ1v) is 5.27. The average molecular weight is 311 g/mol. The van der Waals surface area contributed by atoms with Crippen molar-refractivity contribution in [3.05, 3.63) is 35.9 Å². The maximum atomic E-state index is 3.50. The third-order valence-electron chi connectivity index (χ3n) is 1.23. The molecule has 1 atom stereocenters. The van der Waals surface area contributed by atoms with Gasteiger partial charge >= 0.3 is 0 Å². The molecule has 1 aromatic carbocycles. The summed E-state index contributed by atoms with van der Waals surface area (Å²) in [6.07, 6.45) is 1.10. The Morgan fingerprint density at radius 2 is 1.90 bits per heavy atom. The zero-order chi connectivity index (χ0) is 7.40. The van der Waals surface area contributed by atoms with E-state index in [0.29, 0.717) is 2.83 Å². The molecule has 0 aromatic heterocycles. The number of benzene rings is 1. The van der Waals surface area contributed by atoms with E-state index in [2.05, 4.69) is 62.8 Å². The van der Waals surface area contributed by atoms with Crippen LogP contribution in [0.3, 0.4) is 0 Å². The van der Waals surface area contributed by atoms with E-state index in [-0.39, 0.29) is 0 Å². The number of alkyl halides is 2. The third-order valence-corrected chi connectivity index (χ3v) is 2.00. The highest BCUT2D eigenvalue weighted by molar-refractivity contribution is 14.1. The van der Waals surface area contributed by atoms with Crippen molar-refractivity contribution in [1.82, 2.24) is 0 Å². The first-order chi connectivity index (χ1) is 4.79. The largest absolute Gasteiger partial charge is 0.0771 e. The minimum atomic E-state index is 0.549. The van der Waals surface area contributed by atoms with Crippen molar-refractivity contribution < 1.29 is 0 Å². The van der Waals surface area contributed by atoms with E-state index in [0.717, 1.165) is 6.42 Å². The van der Waals surface area contributed by atoms with E-state index < -0.39 is 0 Å². The summed E-state index contributed by atoms with van der Waals surface area (Å²) in [6, 6.07) is 10.5. The molecular formula is C8H8BrI. The maximum Gasteiger partial charge on any atom is 0.0702 e. The molecule has 0 aliphatic carbocycles. The van der Waals surface area contributed by atoms with Crippen LogP contribution in [-0.2, 0) is 6.42 Å². The summed E-state index contributed by atoms with van der Waals surface area (Å²) in [5.74, 6) is 0. The molecule has 2 heteroatoms. The minimum Gasteiger partial charge on any atom is -0.0771 e. The molecule has 1 aromatic rings. The first kappa shape index (κ1) is 8.53. The second-order valence-electron chi connectivity index (χ2n) is 2.08. The van der Waals surface area contributed by atoms with Gasteiger partial charge < -0.3 is 0 Å². The van der Waals surface area contributed by atoms with Crippen molar-refractivity contribution in [2.75, 3.05) is 0 Å². The summed E-state index contributed by atoms with van der Waals surface area (Å²) in [4.78, 5) is 0. The zero-order valence-electron chi connectivity index (χ0n) is 5.43. The molecule has 0 fully saturated rings. The second-order valence-corrected chi connectivity index (χ2v) is 6.40. The van der Waals surface area contributed by atoms with Gasteiger partial charge in [0, 0.05) is 0 Å². The molecule has 0 N–H and O–H groups in total. The van der Waals surface area contributed by atoms with E-state index in [9.17, 15) is 0 Å². The summed E-state index contributed by atoms with van der Waals surface area (Å²) in [6.45, 7) is 0. The van der Waals surface area contributed by atoms with Crippen LogP contribution in [0.25, 0.3) is 0 Å². The molecule has 54 valence electrons. The molecule has 0 heterocycles. The quantitative estimate of drug-likeness (QED) is 0.580. The smallest absolute Gasteiger partial charge is 0.0702 e. The van der Waals surface area contributed by atoms with Gasteiger partial charge in [0.05, 0.1) is 2.83 Å². The Morgan fingerprint density at radius 1 is 1.30 bits per heavy atom. The van der Waals surface area contributed by atoms with Gasteiger partial charge in [-0.05, 0) is 12.0 Å². The van der Waals surface area contributed by atoms with Crippen LogP contribution >= 0.6 is 38.5 Å². The first-order valence-electron chi connectivity index (χ1n) is 3.11. The van der Waals surface area contributed by atoms with Crippen molar-refractivity contribution in [1.29, 1.82) is 0 Å². The number of halogens is 2. The van der Waals surface area contributed by atoms with Gasteiger partial charge in [0.2, 0.25) is 0 Å². The summed E-state index contributed by atoms with van der Waals surface area (Å²) in [5.41, 5.74) is 1.39. The highest BCUT2D eigenvalue weighted by Crippen LogP contribution is 2.15. The van der Waals surface area contributed by atoms with Crippen LogP contribution in [0.1, 0.15) is 5.56 Å². The van der Waals surface area contributed by atoms with Crippen LogP contribution in [0.4, 0.5) is 0 Å². The van der Waals surface area contributed by atoms with E-state index >= 15 is 0 Å². The van der Waals surface area contributed by atoms with Crippen molar-refractivity contribution in [2.24, 2.45) is 0 Å². The van der Waals surface area contributed by atoms with Crippen LogP contribution in [-0.4, -0.2) is 2.83 Å². The van der Waals surface area contributed by atoms with Crippen molar-refractivity contribution in [3.63, 3.8) is 0 Å². The van der Waals surface area contributed by atoms with Gasteiger partial charge in [0.15, 0.2) is 0 Å². The number of hydrogen-bond donors (Lipinski definition) is 0. The predicted molar refractivity (Wildman–Crippen MR) is 56.9 cm³/mol. The van der Waals surface area contributed by atoms with Crippen LogP contribution in [0.2, 0.25) is 0 Å². The van der Waals surface area contributed by atoms with Crippen molar-refractivity contribution in [2.45, 2.75) is 9.25 Å². The lowest BCUT2D eigenvalue weighted by molar-refractivity contribution is 1.15. The predicted octanol–water partition coefficient (Wildman–Crippen LogP) is 3.39. The molecule has 0 bridgehead atoms. The lowest BCUT2D eigenvalue weighted by Gasteiger charge is -1.99. The van der Waals surface area contributed by atoms with E-state index in [1.807, 2.05) is 6.07 Å². The van der Waals surface area contributed by atoms with E-state index in [4.69, 9.17) is 0 Å². The molecule has 0 saturated heterocycles. The van der Waals surface area contributed by atoms with Gasteiger partial charge in [-0.1, -0.05) is 68.9 Å². The standard InChI is InChI=1S/C8H8BrI/c9-8(10)6-7-4-2-1-3-5-7/h1-5,8H,6H2/t8-/m0/s1. The molecule has 0 amide bonds. The molecule has 0 aliphatic heterocycles. The molecule has 0 radical (unpaired) electrons. The highest BCUT2D eigenvalue weighted by atomic mass is 127. The molecule has 0 saturated carbocycles. The Kier molecular flexibility index (Phi) is 3.70. The Morgan fingerprint density at radius 3 is 2.40 bits per heavy atom. The molecule has 1 rings (SSSR count). The topological polar surface area (TPSA) is 0 Å². The fourth-order valence-corrected chi connectivity index (χ4v) is 1.67.